The number of hydrogen-bond acceptors (Lipinski definition) is 3. The Morgan fingerprint density at radius 3 is 3.13 bits per heavy atom. The van der Waals surface area contributed by atoms with Crippen molar-refractivity contribution in [3.63, 3.8) is 0 Å². The van der Waals surface area contributed by atoms with Crippen molar-refractivity contribution < 1.29 is 0 Å². The van der Waals surface area contributed by atoms with Crippen molar-refractivity contribution in [2.24, 2.45) is 0 Å². The van der Waals surface area contributed by atoms with Crippen LogP contribution in [0.1, 0.15) is 0 Å². The number of fused-ring (bicyclic) bond motifs is 3. The van der Waals surface area contributed by atoms with Crippen molar-refractivity contribution in [1.29, 1.82) is 0 Å². The smallest absolute Gasteiger partial charge is 0.260 e. The van der Waals surface area contributed by atoms with E-state index in [4.69, 9.17) is 0 Å². The summed E-state index contributed by atoms with van der Waals surface area (Å²) in [4.78, 5) is 18.3. The first-order valence-corrected chi connectivity index (χ1v) is 5.06. The molecule has 0 atom stereocenters. The summed E-state index contributed by atoms with van der Waals surface area (Å²) in [5, 5.41) is 4.62. The zero-order valence-electron chi connectivity index (χ0n) is 7.44. The molecule has 74 valence electrons. The molecule has 1 aromatic carbocycles. The quantitative estimate of drug-likeness (QED) is 0.667. The fraction of sp³-hybridized carbons (Fsp3) is 0. The minimum absolute atomic E-state index is 0.160. The third kappa shape index (κ3) is 1.18. The zero-order chi connectivity index (χ0) is 10.4. The van der Waals surface area contributed by atoms with E-state index in [2.05, 4.69) is 31.0 Å². The summed E-state index contributed by atoms with van der Waals surface area (Å²) < 4.78 is 2.46. The Bertz CT molecular complexity index is 715. The lowest BCUT2D eigenvalue weighted by atomic mass is 10.2. The second-order valence-corrected chi connectivity index (χ2v) is 4.03. The third-order valence-corrected chi connectivity index (χ3v) is 2.70. The van der Waals surface area contributed by atoms with Gasteiger partial charge in [-0.2, -0.15) is 14.6 Å². The van der Waals surface area contributed by atoms with Crippen molar-refractivity contribution in [2.75, 3.05) is 0 Å². The highest BCUT2D eigenvalue weighted by Crippen LogP contribution is 2.16. The van der Waals surface area contributed by atoms with E-state index in [-0.39, 0.29) is 5.56 Å². The number of benzene rings is 1. The van der Waals surface area contributed by atoms with Crippen LogP contribution in [0.15, 0.2) is 33.8 Å². The van der Waals surface area contributed by atoms with Gasteiger partial charge < -0.3 is 0 Å². The van der Waals surface area contributed by atoms with Gasteiger partial charge in [0.1, 0.15) is 6.33 Å². The molecule has 0 aliphatic carbocycles. The van der Waals surface area contributed by atoms with E-state index in [0.29, 0.717) is 11.2 Å². The fourth-order valence-electron chi connectivity index (χ4n) is 1.55. The molecular formula is C9H5BrN4O. The van der Waals surface area contributed by atoms with Gasteiger partial charge in [-0.25, -0.2) is 0 Å². The van der Waals surface area contributed by atoms with Gasteiger partial charge in [0, 0.05) is 4.47 Å². The molecule has 3 aromatic rings. The van der Waals surface area contributed by atoms with Crippen molar-refractivity contribution >= 4 is 32.6 Å². The van der Waals surface area contributed by atoms with Crippen LogP contribution in [0.4, 0.5) is 0 Å². The second-order valence-electron chi connectivity index (χ2n) is 3.11. The van der Waals surface area contributed by atoms with Gasteiger partial charge in [0.15, 0.2) is 0 Å². The van der Waals surface area contributed by atoms with E-state index in [0.717, 1.165) is 9.99 Å². The molecule has 0 saturated carbocycles. The van der Waals surface area contributed by atoms with Crippen LogP contribution in [-0.2, 0) is 0 Å². The van der Waals surface area contributed by atoms with Crippen LogP contribution in [0.2, 0.25) is 0 Å². The molecule has 5 nitrogen and oxygen atoms in total. The van der Waals surface area contributed by atoms with E-state index >= 15 is 0 Å². The molecule has 2 heterocycles. The Hall–Kier alpha value is -1.69. The van der Waals surface area contributed by atoms with Crippen LogP contribution in [0, 0.1) is 0 Å². The van der Waals surface area contributed by atoms with Crippen LogP contribution >= 0.6 is 15.9 Å². The van der Waals surface area contributed by atoms with Gasteiger partial charge >= 0.3 is 0 Å². The van der Waals surface area contributed by atoms with Crippen molar-refractivity contribution in [1.82, 2.24) is 19.6 Å². The molecule has 0 saturated heterocycles. The monoisotopic (exact) mass is 264 g/mol. The molecule has 0 aliphatic heterocycles. The summed E-state index contributed by atoms with van der Waals surface area (Å²) in [5.74, 6) is 0.454. The van der Waals surface area contributed by atoms with Crippen molar-refractivity contribution in [2.45, 2.75) is 0 Å². The maximum Gasteiger partial charge on any atom is 0.260 e. The summed E-state index contributed by atoms with van der Waals surface area (Å²) in [6.45, 7) is 0. The van der Waals surface area contributed by atoms with Crippen LogP contribution in [0.3, 0.4) is 0 Å². The van der Waals surface area contributed by atoms with Gasteiger partial charge in [-0.05, 0) is 18.2 Å². The number of halogens is 1. The van der Waals surface area contributed by atoms with Gasteiger partial charge in [-0.15, -0.1) is 0 Å². The summed E-state index contributed by atoms with van der Waals surface area (Å²) in [7, 11) is 0. The predicted molar refractivity (Wildman–Crippen MR) is 58.8 cm³/mol. The lowest BCUT2D eigenvalue weighted by Gasteiger charge is -1.99. The topological polar surface area (TPSA) is 63.0 Å². The Morgan fingerprint density at radius 1 is 1.40 bits per heavy atom. The minimum atomic E-state index is -0.160. The lowest BCUT2D eigenvalue weighted by molar-refractivity contribution is 0.976. The first-order chi connectivity index (χ1) is 7.25. The summed E-state index contributed by atoms with van der Waals surface area (Å²) in [6, 6.07) is 5.45. The predicted octanol–water partition coefficient (Wildman–Crippen LogP) is 1.33. The number of nitrogens with zero attached hydrogens (tertiary/aromatic N) is 3. The highest BCUT2D eigenvalue weighted by atomic mass is 79.9. The van der Waals surface area contributed by atoms with Crippen molar-refractivity contribution in [3.05, 3.63) is 39.4 Å². The van der Waals surface area contributed by atoms with E-state index in [9.17, 15) is 4.79 Å². The molecule has 0 aliphatic rings. The molecular weight excluding hydrogens is 260 g/mol. The molecule has 15 heavy (non-hydrogen) atoms. The Morgan fingerprint density at radius 2 is 2.27 bits per heavy atom. The molecule has 0 fully saturated rings. The van der Waals surface area contributed by atoms with Crippen molar-refractivity contribution in [3.8, 4) is 0 Å². The second kappa shape index (κ2) is 2.90. The SMILES string of the molecule is O=c1[nH]c2ncnn2c2ccc(Br)cc12. The van der Waals surface area contributed by atoms with Crippen LogP contribution < -0.4 is 5.56 Å². The molecule has 1 N–H and O–H groups in total. The van der Waals surface area contributed by atoms with Crippen LogP contribution in [-0.4, -0.2) is 19.6 Å². The van der Waals surface area contributed by atoms with Crippen LogP contribution in [0.5, 0.6) is 0 Å². The molecule has 6 heteroatoms. The number of aromatic nitrogens is 4. The third-order valence-electron chi connectivity index (χ3n) is 2.20. The number of rotatable bonds is 0. The van der Waals surface area contributed by atoms with E-state index in [1.807, 2.05) is 12.1 Å². The maximum atomic E-state index is 11.7. The Labute approximate surface area is 91.9 Å². The highest BCUT2D eigenvalue weighted by Gasteiger charge is 2.05. The molecule has 0 bridgehead atoms. The van der Waals surface area contributed by atoms with Gasteiger partial charge in [-0.3, -0.25) is 9.78 Å². The number of aromatic amines is 1. The number of hydrogen-bond donors (Lipinski definition) is 1. The van der Waals surface area contributed by atoms with Gasteiger partial charge in [-0.1, -0.05) is 15.9 Å². The summed E-state index contributed by atoms with van der Waals surface area (Å²) in [5.41, 5.74) is 0.584. The molecule has 2 aromatic heterocycles. The Kier molecular flexibility index (Phi) is 1.66. The first-order valence-electron chi connectivity index (χ1n) is 4.27. The van der Waals surface area contributed by atoms with E-state index in [1.165, 1.54) is 6.33 Å². The number of H-pyrrole nitrogens is 1. The Balaban J connectivity index is 2.67. The zero-order valence-corrected chi connectivity index (χ0v) is 9.02. The molecule has 0 amide bonds. The number of nitrogens with one attached hydrogen (secondary N) is 1. The maximum absolute atomic E-state index is 11.7. The van der Waals surface area contributed by atoms with Gasteiger partial charge in [0.25, 0.3) is 5.56 Å². The molecule has 3 rings (SSSR count). The first kappa shape index (κ1) is 8.60. The van der Waals surface area contributed by atoms with Gasteiger partial charge in [0.2, 0.25) is 5.78 Å². The molecule has 0 radical (unpaired) electrons. The summed E-state index contributed by atoms with van der Waals surface area (Å²) in [6.07, 6.45) is 1.41. The van der Waals surface area contributed by atoms with E-state index in [1.54, 1.807) is 10.6 Å². The largest absolute Gasteiger partial charge is 0.290 e. The van der Waals surface area contributed by atoms with E-state index < -0.39 is 0 Å². The minimum Gasteiger partial charge on any atom is -0.290 e. The molecule has 0 spiro atoms. The molecule has 0 unspecified atom stereocenters. The average molecular weight is 265 g/mol. The van der Waals surface area contributed by atoms with Gasteiger partial charge in [0.05, 0.1) is 10.9 Å². The highest BCUT2D eigenvalue weighted by molar-refractivity contribution is 9.10. The standard InChI is InChI=1S/C9H5BrN4O/c10-5-1-2-7-6(3-5)8(15)13-9-11-4-12-14(7)9/h1-4H,(H,11,12,13,15). The average Bonchev–Trinajstić information content (AvgIpc) is 2.66. The lowest BCUT2D eigenvalue weighted by Crippen LogP contribution is -2.10. The van der Waals surface area contributed by atoms with Crippen LogP contribution in [0.25, 0.3) is 16.7 Å². The normalized spacial score (nSPS) is 11.3. The summed E-state index contributed by atoms with van der Waals surface area (Å²) >= 11 is 3.32. The fourth-order valence-corrected chi connectivity index (χ4v) is 1.91.